The van der Waals surface area contributed by atoms with E-state index in [1.54, 1.807) is 18.3 Å². The third-order valence-corrected chi connectivity index (χ3v) is 2.40. The molecule has 0 aliphatic heterocycles. The highest BCUT2D eigenvalue weighted by Crippen LogP contribution is 2.05. The molecule has 2 rings (SSSR count). The molecule has 6 heteroatoms. The molecule has 19 heavy (non-hydrogen) atoms. The van der Waals surface area contributed by atoms with Crippen molar-refractivity contribution < 1.29 is 13.9 Å². The van der Waals surface area contributed by atoms with Crippen LogP contribution < -0.4 is 15.5 Å². The second-order valence-electron chi connectivity index (χ2n) is 3.68. The average Bonchev–Trinajstić information content (AvgIpc) is 2.45. The number of pyridine rings is 1. The predicted octanol–water partition coefficient (Wildman–Crippen LogP) is 0.973. The van der Waals surface area contributed by atoms with Gasteiger partial charge in [-0.15, -0.1) is 0 Å². The summed E-state index contributed by atoms with van der Waals surface area (Å²) < 4.78 is 9.78. The topological polar surface area (TPSA) is 81.4 Å². The molecule has 2 heterocycles. The van der Waals surface area contributed by atoms with E-state index >= 15 is 0 Å². The fourth-order valence-electron chi connectivity index (χ4n) is 1.43. The van der Waals surface area contributed by atoms with E-state index in [9.17, 15) is 9.59 Å². The SMILES string of the molecule is COc1coc(C(=O)NCc2ccccn2)cc1=O. The number of nitrogens with zero attached hydrogens (tertiary/aromatic N) is 1. The quantitative estimate of drug-likeness (QED) is 0.886. The maximum Gasteiger partial charge on any atom is 0.287 e. The van der Waals surface area contributed by atoms with Crippen molar-refractivity contribution in [2.75, 3.05) is 7.11 Å². The largest absolute Gasteiger partial charge is 0.490 e. The lowest BCUT2D eigenvalue weighted by Crippen LogP contribution is -2.24. The summed E-state index contributed by atoms with van der Waals surface area (Å²) in [6, 6.07) is 6.48. The number of rotatable bonds is 4. The minimum atomic E-state index is -0.481. The molecule has 0 bridgehead atoms. The highest BCUT2D eigenvalue weighted by Gasteiger charge is 2.11. The van der Waals surface area contributed by atoms with Crippen molar-refractivity contribution in [1.82, 2.24) is 10.3 Å². The lowest BCUT2D eigenvalue weighted by molar-refractivity contribution is 0.0919. The molecule has 1 N–H and O–H groups in total. The minimum absolute atomic E-state index is 0.0567. The Labute approximate surface area is 109 Å². The molecule has 0 fully saturated rings. The Balaban J connectivity index is 2.04. The van der Waals surface area contributed by atoms with Crippen LogP contribution in [0.25, 0.3) is 0 Å². The molecule has 98 valence electrons. The van der Waals surface area contributed by atoms with Gasteiger partial charge in [-0.05, 0) is 12.1 Å². The van der Waals surface area contributed by atoms with E-state index in [1.165, 1.54) is 7.11 Å². The summed E-state index contributed by atoms with van der Waals surface area (Å²) in [7, 11) is 1.35. The number of amides is 1. The van der Waals surface area contributed by atoms with Crippen molar-refractivity contribution in [2.24, 2.45) is 0 Å². The van der Waals surface area contributed by atoms with Crippen molar-refractivity contribution in [3.8, 4) is 5.75 Å². The van der Waals surface area contributed by atoms with E-state index in [4.69, 9.17) is 9.15 Å². The summed E-state index contributed by atoms with van der Waals surface area (Å²) in [6.07, 6.45) is 2.74. The Morgan fingerprint density at radius 1 is 1.47 bits per heavy atom. The fraction of sp³-hybridized carbons (Fsp3) is 0.154. The molecule has 0 saturated carbocycles. The van der Waals surface area contributed by atoms with Gasteiger partial charge >= 0.3 is 0 Å². The Hall–Kier alpha value is -2.63. The van der Waals surface area contributed by atoms with Crippen molar-refractivity contribution >= 4 is 5.91 Å². The molecule has 0 unspecified atom stereocenters. The van der Waals surface area contributed by atoms with Crippen LogP contribution in [0.4, 0.5) is 0 Å². The van der Waals surface area contributed by atoms with Gasteiger partial charge in [-0.1, -0.05) is 6.07 Å². The Kier molecular flexibility index (Phi) is 3.92. The van der Waals surface area contributed by atoms with Gasteiger partial charge in [0.05, 0.1) is 19.3 Å². The van der Waals surface area contributed by atoms with Crippen LogP contribution in [-0.4, -0.2) is 18.0 Å². The first-order chi connectivity index (χ1) is 9.20. The molecule has 1 amide bonds. The number of ether oxygens (including phenoxy) is 1. The molecule has 2 aromatic heterocycles. The number of methoxy groups -OCH3 is 1. The average molecular weight is 260 g/mol. The van der Waals surface area contributed by atoms with Crippen molar-refractivity contribution in [1.29, 1.82) is 0 Å². The predicted molar refractivity (Wildman–Crippen MR) is 66.9 cm³/mol. The van der Waals surface area contributed by atoms with Crippen molar-refractivity contribution in [3.63, 3.8) is 0 Å². The summed E-state index contributed by atoms with van der Waals surface area (Å²) in [5.41, 5.74) is 0.309. The van der Waals surface area contributed by atoms with Gasteiger partial charge in [-0.3, -0.25) is 14.6 Å². The van der Waals surface area contributed by atoms with Gasteiger partial charge in [-0.2, -0.15) is 0 Å². The molecule has 2 aromatic rings. The first-order valence-electron chi connectivity index (χ1n) is 5.55. The van der Waals surface area contributed by atoms with Gasteiger partial charge in [0.1, 0.15) is 6.26 Å². The van der Waals surface area contributed by atoms with E-state index in [0.717, 1.165) is 12.3 Å². The molecule has 0 spiro atoms. The number of nitrogens with one attached hydrogen (secondary N) is 1. The Bertz CT molecular complexity index is 622. The Morgan fingerprint density at radius 3 is 2.95 bits per heavy atom. The minimum Gasteiger partial charge on any atom is -0.490 e. The summed E-state index contributed by atoms with van der Waals surface area (Å²) in [6.45, 7) is 0.259. The lowest BCUT2D eigenvalue weighted by atomic mass is 10.3. The lowest BCUT2D eigenvalue weighted by Gasteiger charge is -2.04. The third-order valence-electron chi connectivity index (χ3n) is 2.40. The van der Waals surface area contributed by atoms with Crippen LogP contribution >= 0.6 is 0 Å². The maximum absolute atomic E-state index is 11.8. The van der Waals surface area contributed by atoms with Crippen LogP contribution in [0.3, 0.4) is 0 Å². The number of aromatic nitrogens is 1. The van der Waals surface area contributed by atoms with Crippen molar-refractivity contribution in [2.45, 2.75) is 6.54 Å². The standard InChI is InChI=1S/C13H12N2O4/c1-18-12-8-19-11(6-10(12)16)13(17)15-7-9-4-2-3-5-14-9/h2-6,8H,7H2,1H3,(H,15,17). The monoisotopic (exact) mass is 260 g/mol. The molecular formula is C13H12N2O4. The smallest absolute Gasteiger partial charge is 0.287 e. The molecule has 6 nitrogen and oxygen atoms in total. The highest BCUT2D eigenvalue weighted by molar-refractivity contribution is 5.91. The summed E-state index contributed by atoms with van der Waals surface area (Å²) in [4.78, 5) is 27.3. The van der Waals surface area contributed by atoms with Gasteiger partial charge < -0.3 is 14.5 Å². The zero-order valence-corrected chi connectivity index (χ0v) is 10.3. The van der Waals surface area contributed by atoms with Crippen LogP contribution in [0.5, 0.6) is 5.75 Å². The van der Waals surface area contributed by atoms with Gasteiger partial charge in [0.15, 0.2) is 5.76 Å². The molecule has 0 radical (unpaired) electrons. The van der Waals surface area contributed by atoms with Crippen LogP contribution in [0.15, 0.2) is 45.9 Å². The zero-order chi connectivity index (χ0) is 13.7. The second-order valence-corrected chi connectivity index (χ2v) is 3.68. The van der Waals surface area contributed by atoms with Crippen molar-refractivity contribution in [3.05, 3.63) is 58.4 Å². The van der Waals surface area contributed by atoms with Gasteiger partial charge in [-0.25, -0.2) is 0 Å². The second kappa shape index (κ2) is 5.81. The van der Waals surface area contributed by atoms with Crippen LogP contribution in [0.1, 0.15) is 16.2 Å². The molecular weight excluding hydrogens is 248 g/mol. The van der Waals surface area contributed by atoms with E-state index in [-0.39, 0.29) is 18.1 Å². The van der Waals surface area contributed by atoms with E-state index in [1.807, 2.05) is 6.07 Å². The third kappa shape index (κ3) is 3.19. The molecule has 0 aliphatic rings. The summed E-state index contributed by atoms with van der Waals surface area (Å²) >= 11 is 0. The van der Waals surface area contributed by atoms with Crippen LogP contribution in [0, 0.1) is 0 Å². The summed E-state index contributed by atoms with van der Waals surface area (Å²) in [5.74, 6) is -0.492. The number of hydrogen-bond acceptors (Lipinski definition) is 5. The normalized spacial score (nSPS) is 9.95. The molecule has 0 aromatic carbocycles. The number of carbonyl (C=O) groups excluding carboxylic acids is 1. The fourth-order valence-corrected chi connectivity index (χ4v) is 1.43. The summed E-state index contributed by atoms with van der Waals surface area (Å²) in [5, 5.41) is 2.61. The van der Waals surface area contributed by atoms with Gasteiger partial charge in [0.2, 0.25) is 11.2 Å². The number of carbonyl (C=O) groups is 1. The number of hydrogen-bond donors (Lipinski definition) is 1. The highest BCUT2D eigenvalue weighted by atomic mass is 16.5. The van der Waals surface area contributed by atoms with E-state index in [2.05, 4.69) is 10.3 Å². The van der Waals surface area contributed by atoms with Crippen LogP contribution in [0.2, 0.25) is 0 Å². The Morgan fingerprint density at radius 2 is 2.32 bits per heavy atom. The van der Waals surface area contributed by atoms with E-state index in [0.29, 0.717) is 5.69 Å². The van der Waals surface area contributed by atoms with Gasteiger partial charge in [0, 0.05) is 12.3 Å². The molecule has 0 atom stereocenters. The molecule has 0 saturated heterocycles. The maximum atomic E-state index is 11.8. The van der Waals surface area contributed by atoms with E-state index < -0.39 is 11.3 Å². The zero-order valence-electron chi connectivity index (χ0n) is 10.3. The molecule has 0 aliphatic carbocycles. The first-order valence-corrected chi connectivity index (χ1v) is 5.55. The first kappa shape index (κ1) is 12.8. The van der Waals surface area contributed by atoms with Crippen LogP contribution in [-0.2, 0) is 6.54 Å². The van der Waals surface area contributed by atoms with Gasteiger partial charge in [0.25, 0.3) is 5.91 Å².